The summed E-state index contributed by atoms with van der Waals surface area (Å²) in [5.41, 5.74) is 5.48. The fraction of sp³-hybridized carbons (Fsp3) is 0.909. The van der Waals surface area contributed by atoms with Gasteiger partial charge in [-0.25, -0.2) is 0 Å². The fourth-order valence-electron chi connectivity index (χ4n) is 2.24. The second-order valence-corrected chi connectivity index (χ2v) is 4.77. The quantitative estimate of drug-likeness (QED) is 0.725. The second-order valence-electron chi connectivity index (χ2n) is 4.77. The third-order valence-electron chi connectivity index (χ3n) is 3.75. The van der Waals surface area contributed by atoms with Gasteiger partial charge in [0.15, 0.2) is 0 Å². The summed E-state index contributed by atoms with van der Waals surface area (Å²) >= 11 is 0. The van der Waals surface area contributed by atoms with Crippen molar-refractivity contribution in [1.82, 2.24) is 4.90 Å². The topological polar surface area (TPSA) is 55.6 Å². The molecule has 4 nitrogen and oxygen atoms in total. The second kappa shape index (κ2) is 4.10. The molecule has 2 N–H and O–H groups in total. The summed E-state index contributed by atoms with van der Waals surface area (Å²) in [4.78, 5) is 14.1. The highest BCUT2D eigenvalue weighted by atomic mass is 16.5. The summed E-state index contributed by atoms with van der Waals surface area (Å²) in [6.45, 7) is 1.22. The molecule has 0 bridgehead atoms. The lowest BCUT2D eigenvalue weighted by molar-refractivity contribution is -0.142. The van der Waals surface area contributed by atoms with Crippen LogP contribution in [-0.4, -0.2) is 42.6 Å². The summed E-state index contributed by atoms with van der Waals surface area (Å²) in [5, 5.41) is 0. The van der Waals surface area contributed by atoms with Gasteiger partial charge in [-0.05, 0) is 32.1 Å². The van der Waals surface area contributed by atoms with Crippen molar-refractivity contribution in [2.24, 2.45) is 5.73 Å². The molecule has 2 fully saturated rings. The summed E-state index contributed by atoms with van der Waals surface area (Å²) in [6, 6.07) is 0.431. The number of rotatable bonds is 2. The number of ether oxygens (including phenoxy) is 1. The van der Waals surface area contributed by atoms with E-state index in [1.807, 2.05) is 11.9 Å². The van der Waals surface area contributed by atoms with Gasteiger partial charge < -0.3 is 15.4 Å². The van der Waals surface area contributed by atoms with E-state index in [1.165, 1.54) is 6.42 Å². The van der Waals surface area contributed by atoms with E-state index >= 15 is 0 Å². The zero-order chi connectivity index (χ0) is 10.9. The van der Waals surface area contributed by atoms with Crippen LogP contribution in [0.2, 0.25) is 0 Å². The van der Waals surface area contributed by atoms with Crippen LogP contribution < -0.4 is 5.73 Å². The van der Waals surface area contributed by atoms with Crippen molar-refractivity contribution in [3.05, 3.63) is 0 Å². The number of carbonyl (C=O) groups is 1. The molecular formula is C11H20N2O2. The lowest BCUT2D eigenvalue weighted by atomic mass is 9.86. The molecular weight excluding hydrogens is 192 g/mol. The highest BCUT2D eigenvalue weighted by molar-refractivity contribution is 5.86. The molecule has 4 heteroatoms. The van der Waals surface area contributed by atoms with Crippen LogP contribution >= 0.6 is 0 Å². The normalized spacial score (nSPS) is 25.7. The predicted molar refractivity (Wildman–Crippen MR) is 57.4 cm³/mol. The predicted octanol–water partition coefficient (Wildman–Crippen LogP) is 0.505. The minimum atomic E-state index is -0.664. The van der Waals surface area contributed by atoms with Gasteiger partial charge in [-0.3, -0.25) is 4.79 Å². The maximum atomic E-state index is 12.2. The van der Waals surface area contributed by atoms with Crippen LogP contribution in [0.1, 0.15) is 32.1 Å². The fourth-order valence-corrected chi connectivity index (χ4v) is 2.24. The molecule has 1 aliphatic carbocycles. The van der Waals surface area contributed by atoms with Gasteiger partial charge in [0.2, 0.25) is 5.91 Å². The van der Waals surface area contributed by atoms with Crippen molar-refractivity contribution >= 4 is 5.91 Å². The van der Waals surface area contributed by atoms with Crippen molar-refractivity contribution in [3.8, 4) is 0 Å². The first-order valence-electron chi connectivity index (χ1n) is 5.77. The molecule has 1 amide bonds. The Balaban J connectivity index is 1.98. The Labute approximate surface area is 90.8 Å². The third-order valence-corrected chi connectivity index (χ3v) is 3.75. The van der Waals surface area contributed by atoms with E-state index in [2.05, 4.69) is 0 Å². The minimum absolute atomic E-state index is 0.107. The molecule has 0 atom stereocenters. The van der Waals surface area contributed by atoms with Gasteiger partial charge in [0.1, 0.15) is 0 Å². The van der Waals surface area contributed by atoms with Gasteiger partial charge in [0.25, 0.3) is 0 Å². The average molecular weight is 212 g/mol. The van der Waals surface area contributed by atoms with E-state index in [-0.39, 0.29) is 5.91 Å². The number of likely N-dealkylation sites (N-methyl/N-ethyl adjacent to an activating group) is 1. The standard InChI is InChI=1S/C11H20N2O2/c1-13(9-3-2-4-9)10(14)11(12)5-7-15-8-6-11/h9H,2-8,12H2,1H3. The SMILES string of the molecule is CN(C(=O)C1(N)CCOCC1)C1CCC1. The van der Waals surface area contributed by atoms with Crippen LogP contribution in [0, 0.1) is 0 Å². The van der Waals surface area contributed by atoms with Crippen LogP contribution in [0.25, 0.3) is 0 Å². The first-order valence-corrected chi connectivity index (χ1v) is 5.77. The van der Waals surface area contributed by atoms with Gasteiger partial charge in [-0.15, -0.1) is 0 Å². The lowest BCUT2D eigenvalue weighted by Gasteiger charge is -2.41. The largest absolute Gasteiger partial charge is 0.381 e. The monoisotopic (exact) mass is 212 g/mol. The molecule has 0 aromatic heterocycles. The smallest absolute Gasteiger partial charge is 0.242 e. The van der Waals surface area contributed by atoms with Crippen LogP contribution in [0.15, 0.2) is 0 Å². The van der Waals surface area contributed by atoms with Gasteiger partial charge >= 0.3 is 0 Å². The van der Waals surface area contributed by atoms with Gasteiger partial charge in [-0.1, -0.05) is 0 Å². The molecule has 2 aliphatic rings. The van der Waals surface area contributed by atoms with E-state index in [0.717, 1.165) is 12.8 Å². The molecule has 1 saturated carbocycles. The highest BCUT2D eigenvalue weighted by Gasteiger charge is 2.40. The zero-order valence-corrected chi connectivity index (χ0v) is 9.37. The molecule has 15 heavy (non-hydrogen) atoms. The average Bonchev–Trinajstić information content (AvgIpc) is 2.15. The number of nitrogens with two attached hydrogens (primary N) is 1. The number of carbonyl (C=O) groups excluding carboxylic acids is 1. The van der Waals surface area contributed by atoms with Crippen LogP contribution in [0.3, 0.4) is 0 Å². The van der Waals surface area contributed by atoms with Crippen molar-refractivity contribution in [3.63, 3.8) is 0 Å². The van der Waals surface area contributed by atoms with Crippen LogP contribution in [-0.2, 0) is 9.53 Å². The minimum Gasteiger partial charge on any atom is -0.381 e. The van der Waals surface area contributed by atoms with Crippen LogP contribution in [0.5, 0.6) is 0 Å². The Bertz CT molecular complexity index is 245. The number of amides is 1. The zero-order valence-electron chi connectivity index (χ0n) is 9.37. The molecule has 0 unspecified atom stereocenters. The number of hydrogen-bond acceptors (Lipinski definition) is 3. The van der Waals surface area contributed by atoms with Crippen molar-refractivity contribution < 1.29 is 9.53 Å². The molecule has 1 aliphatic heterocycles. The molecule has 86 valence electrons. The van der Waals surface area contributed by atoms with Crippen molar-refractivity contribution in [2.75, 3.05) is 20.3 Å². The molecule has 1 saturated heterocycles. The molecule has 0 aromatic rings. The number of nitrogens with zero attached hydrogens (tertiary/aromatic N) is 1. The molecule has 2 rings (SSSR count). The third kappa shape index (κ3) is 2.01. The molecule has 0 spiro atoms. The highest BCUT2D eigenvalue weighted by Crippen LogP contribution is 2.27. The van der Waals surface area contributed by atoms with E-state index in [9.17, 15) is 4.79 Å². The van der Waals surface area contributed by atoms with Gasteiger partial charge in [-0.2, -0.15) is 0 Å². The molecule has 0 radical (unpaired) electrons. The van der Waals surface area contributed by atoms with Gasteiger partial charge in [0.05, 0.1) is 5.54 Å². The maximum Gasteiger partial charge on any atom is 0.242 e. The number of hydrogen-bond donors (Lipinski definition) is 1. The van der Waals surface area contributed by atoms with E-state index in [4.69, 9.17) is 10.5 Å². The summed E-state index contributed by atoms with van der Waals surface area (Å²) in [6.07, 6.45) is 4.82. The summed E-state index contributed by atoms with van der Waals surface area (Å²) in [7, 11) is 1.89. The van der Waals surface area contributed by atoms with Crippen LogP contribution in [0.4, 0.5) is 0 Å². The Kier molecular flexibility index (Phi) is 2.98. The summed E-state index contributed by atoms with van der Waals surface area (Å²) in [5.74, 6) is 0.107. The van der Waals surface area contributed by atoms with E-state index in [1.54, 1.807) is 0 Å². The molecule has 1 heterocycles. The maximum absolute atomic E-state index is 12.2. The first-order chi connectivity index (χ1) is 7.13. The Morgan fingerprint density at radius 3 is 2.47 bits per heavy atom. The van der Waals surface area contributed by atoms with E-state index < -0.39 is 5.54 Å². The molecule has 0 aromatic carbocycles. The lowest BCUT2D eigenvalue weighted by Crippen LogP contribution is -2.59. The van der Waals surface area contributed by atoms with Gasteiger partial charge in [0, 0.05) is 26.3 Å². The summed E-state index contributed by atoms with van der Waals surface area (Å²) < 4.78 is 5.24. The first kappa shape index (κ1) is 10.9. The van der Waals surface area contributed by atoms with Crippen molar-refractivity contribution in [2.45, 2.75) is 43.7 Å². The Morgan fingerprint density at radius 1 is 1.40 bits per heavy atom. The Hall–Kier alpha value is -0.610. The van der Waals surface area contributed by atoms with Crippen molar-refractivity contribution in [1.29, 1.82) is 0 Å². The Morgan fingerprint density at radius 2 is 2.00 bits per heavy atom. The van der Waals surface area contributed by atoms with E-state index in [0.29, 0.717) is 32.1 Å².